The Morgan fingerprint density at radius 1 is 1.03 bits per heavy atom. The number of rotatable bonds is 10. The monoisotopic (exact) mass is 396 g/mol. The van der Waals surface area contributed by atoms with E-state index < -0.39 is 6.04 Å². The fraction of sp³-hybridized carbons (Fsp3) is 0.417. The number of nitrogens with zero attached hydrogens (tertiary/aromatic N) is 1. The van der Waals surface area contributed by atoms with Crippen molar-refractivity contribution in [1.29, 1.82) is 0 Å². The van der Waals surface area contributed by atoms with Gasteiger partial charge in [0.1, 0.15) is 11.8 Å². The summed E-state index contributed by atoms with van der Waals surface area (Å²) in [5.41, 5.74) is 3.07. The van der Waals surface area contributed by atoms with Crippen molar-refractivity contribution in [3.63, 3.8) is 0 Å². The van der Waals surface area contributed by atoms with Gasteiger partial charge >= 0.3 is 0 Å². The van der Waals surface area contributed by atoms with Crippen molar-refractivity contribution in [2.75, 3.05) is 13.2 Å². The molecule has 5 heteroatoms. The smallest absolute Gasteiger partial charge is 0.261 e. The lowest BCUT2D eigenvalue weighted by Gasteiger charge is -2.29. The Hall–Kier alpha value is -2.82. The van der Waals surface area contributed by atoms with Crippen LogP contribution in [0.3, 0.4) is 0 Å². The zero-order chi connectivity index (χ0) is 21.2. The van der Waals surface area contributed by atoms with Crippen LogP contribution in [0.4, 0.5) is 0 Å². The van der Waals surface area contributed by atoms with E-state index in [0.717, 1.165) is 29.5 Å². The number of unbranched alkanes of at least 4 members (excludes halogenated alkanes) is 1. The van der Waals surface area contributed by atoms with Gasteiger partial charge in [-0.2, -0.15) is 0 Å². The van der Waals surface area contributed by atoms with Crippen LogP contribution in [-0.4, -0.2) is 35.9 Å². The van der Waals surface area contributed by atoms with E-state index in [1.807, 2.05) is 62.4 Å². The van der Waals surface area contributed by atoms with Crippen molar-refractivity contribution in [3.8, 4) is 5.75 Å². The SMILES string of the molecule is CCCCNC(=O)C(C)N(Cc1ccccc1C)C(=O)COc1ccccc1C. The molecule has 2 aromatic carbocycles. The van der Waals surface area contributed by atoms with E-state index in [0.29, 0.717) is 18.8 Å². The molecule has 1 unspecified atom stereocenters. The number of carbonyl (C=O) groups excluding carboxylic acids is 2. The van der Waals surface area contributed by atoms with E-state index in [9.17, 15) is 9.59 Å². The summed E-state index contributed by atoms with van der Waals surface area (Å²) >= 11 is 0. The lowest BCUT2D eigenvalue weighted by atomic mass is 10.1. The quantitative estimate of drug-likeness (QED) is 0.617. The fourth-order valence-electron chi connectivity index (χ4n) is 3.03. The molecule has 0 spiro atoms. The number of benzene rings is 2. The highest BCUT2D eigenvalue weighted by molar-refractivity contribution is 5.88. The highest BCUT2D eigenvalue weighted by Crippen LogP contribution is 2.18. The van der Waals surface area contributed by atoms with Gasteiger partial charge in [-0.3, -0.25) is 9.59 Å². The minimum atomic E-state index is -0.584. The molecular weight excluding hydrogens is 364 g/mol. The molecule has 0 aliphatic rings. The molecule has 5 nitrogen and oxygen atoms in total. The zero-order valence-electron chi connectivity index (χ0n) is 17.9. The summed E-state index contributed by atoms with van der Waals surface area (Å²) in [5.74, 6) is 0.322. The average molecular weight is 397 g/mol. The molecule has 0 radical (unpaired) electrons. The van der Waals surface area contributed by atoms with Gasteiger partial charge in [-0.1, -0.05) is 55.8 Å². The van der Waals surface area contributed by atoms with Crippen LogP contribution in [0, 0.1) is 13.8 Å². The molecule has 0 fully saturated rings. The van der Waals surface area contributed by atoms with Crippen molar-refractivity contribution < 1.29 is 14.3 Å². The van der Waals surface area contributed by atoms with Gasteiger partial charge in [-0.25, -0.2) is 0 Å². The third-order valence-corrected chi connectivity index (χ3v) is 5.04. The molecule has 2 rings (SSSR count). The van der Waals surface area contributed by atoms with Crippen LogP contribution >= 0.6 is 0 Å². The predicted octanol–water partition coefficient (Wildman–Crippen LogP) is 4.02. The molecular formula is C24H32N2O3. The summed E-state index contributed by atoms with van der Waals surface area (Å²) < 4.78 is 5.75. The van der Waals surface area contributed by atoms with E-state index in [1.54, 1.807) is 11.8 Å². The molecule has 0 saturated carbocycles. The summed E-state index contributed by atoms with van der Waals surface area (Å²) in [4.78, 5) is 27.3. The first-order valence-corrected chi connectivity index (χ1v) is 10.2. The first kappa shape index (κ1) is 22.5. The average Bonchev–Trinajstić information content (AvgIpc) is 2.72. The number of nitrogens with one attached hydrogen (secondary N) is 1. The Bertz CT molecular complexity index is 819. The maximum atomic E-state index is 13.0. The minimum absolute atomic E-state index is 0.108. The maximum Gasteiger partial charge on any atom is 0.261 e. The Kier molecular flexibility index (Phi) is 8.71. The van der Waals surface area contributed by atoms with Crippen LogP contribution in [0.2, 0.25) is 0 Å². The third-order valence-electron chi connectivity index (χ3n) is 5.04. The van der Waals surface area contributed by atoms with Crippen molar-refractivity contribution in [1.82, 2.24) is 10.2 Å². The van der Waals surface area contributed by atoms with Crippen LogP contribution in [0.5, 0.6) is 5.75 Å². The summed E-state index contributed by atoms with van der Waals surface area (Å²) in [6.45, 7) is 8.67. The Morgan fingerprint density at radius 2 is 1.69 bits per heavy atom. The Balaban J connectivity index is 2.14. The number of ether oxygens (including phenoxy) is 1. The first-order valence-electron chi connectivity index (χ1n) is 10.2. The van der Waals surface area contributed by atoms with Crippen molar-refractivity contribution in [2.24, 2.45) is 0 Å². The van der Waals surface area contributed by atoms with Gasteiger partial charge in [0, 0.05) is 13.1 Å². The van der Waals surface area contributed by atoms with Crippen molar-refractivity contribution in [2.45, 2.75) is 53.1 Å². The Labute approximate surface area is 174 Å². The summed E-state index contributed by atoms with van der Waals surface area (Å²) in [5, 5.41) is 2.93. The van der Waals surface area contributed by atoms with Gasteiger partial charge in [0.15, 0.2) is 6.61 Å². The van der Waals surface area contributed by atoms with Gasteiger partial charge in [-0.05, 0) is 49.9 Å². The second-order valence-corrected chi connectivity index (χ2v) is 7.32. The molecule has 0 aromatic heterocycles. The normalized spacial score (nSPS) is 11.6. The molecule has 0 heterocycles. The van der Waals surface area contributed by atoms with E-state index >= 15 is 0 Å². The largest absolute Gasteiger partial charge is 0.484 e. The van der Waals surface area contributed by atoms with Crippen molar-refractivity contribution >= 4 is 11.8 Å². The van der Waals surface area contributed by atoms with Crippen LogP contribution in [-0.2, 0) is 16.1 Å². The molecule has 0 saturated heterocycles. The Morgan fingerprint density at radius 3 is 2.34 bits per heavy atom. The third kappa shape index (κ3) is 6.63. The molecule has 2 amide bonds. The standard InChI is InChI=1S/C24H32N2O3/c1-5-6-15-25-24(28)20(4)26(16-21-13-9-7-11-18(21)2)23(27)17-29-22-14-10-8-12-19(22)3/h7-14,20H,5-6,15-17H2,1-4H3,(H,25,28). The van der Waals surface area contributed by atoms with Crippen LogP contribution in [0.25, 0.3) is 0 Å². The predicted molar refractivity (Wildman–Crippen MR) is 116 cm³/mol. The van der Waals surface area contributed by atoms with E-state index in [-0.39, 0.29) is 18.4 Å². The molecule has 156 valence electrons. The van der Waals surface area contributed by atoms with Gasteiger partial charge in [0.05, 0.1) is 0 Å². The minimum Gasteiger partial charge on any atom is -0.484 e. The lowest BCUT2D eigenvalue weighted by Crippen LogP contribution is -2.49. The molecule has 1 atom stereocenters. The van der Waals surface area contributed by atoms with Gasteiger partial charge < -0.3 is 15.0 Å². The molecule has 0 aliphatic heterocycles. The van der Waals surface area contributed by atoms with E-state index in [1.165, 1.54) is 0 Å². The second kappa shape index (κ2) is 11.2. The molecule has 1 N–H and O–H groups in total. The topological polar surface area (TPSA) is 58.6 Å². The van der Waals surface area contributed by atoms with Crippen LogP contribution in [0.15, 0.2) is 48.5 Å². The van der Waals surface area contributed by atoms with Crippen LogP contribution in [0.1, 0.15) is 43.4 Å². The lowest BCUT2D eigenvalue weighted by molar-refractivity contribution is -0.142. The summed E-state index contributed by atoms with van der Waals surface area (Å²) in [7, 11) is 0. The summed E-state index contributed by atoms with van der Waals surface area (Å²) in [6, 6.07) is 14.9. The highest BCUT2D eigenvalue weighted by atomic mass is 16.5. The second-order valence-electron chi connectivity index (χ2n) is 7.32. The van der Waals surface area contributed by atoms with E-state index in [2.05, 4.69) is 12.2 Å². The number of amides is 2. The molecule has 0 aliphatic carbocycles. The van der Waals surface area contributed by atoms with E-state index in [4.69, 9.17) is 4.74 Å². The van der Waals surface area contributed by atoms with Crippen LogP contribution < -0.4 is 10.1 Å². The van der Waals surface area contributed by atoms with Gasteiger partial charge in [0.2, 0.25) is 5.91 Å². The van der Waals surface area contributed by atoms with Gasteiger partial charge in [-0.15, -0.1) is 0 Å². The zero-order valence-corrected chi connectivity index (χ0v) is 17.9. The molecule has 29 heavy (non-hydrogen) atoms. The molecule has 2 aromatic rings. The fourth-order valence-corrected chi connectivity index (χ4v) is 3.03. The highest BCUT2D eigenvalue weighted by Gasteiger charge is 2.26. The van der Waals surface area contributed by atoms with Crippen molar-refractivity contribution in [3.05, 3.63) is 65.2 Å². The number of hydrogen-bond acceptors (Lipinski definition) is 3. The maximum absolute atomic E-state index is 13.0. The number of carbonyl (C=O) groups is 2. The first-order chi connectivity index (χ1) is 13.9. The van der Waals surface area contributed by atoms with Gasteiger partial charge in [0.25, 0.3) is 5.91 Å². The molecule has 0 bridgehead atoms. The number of aryl methyl sites for hydroxylation is 2. The number of para-hydroxylation sites is 1. The summed E-state index contributed by atoms with van der Waals surface area (Å²) in [6.07, 6.45) is 1.92. The number of hydrogen-bond donors (Lipinski definition) is 1.